The summed E-state index contributed by atoms with van der Waals surface area (Å²) in [5.74, 6) is 1.10. The van der Waals surface area contributed by atoms with E-state index in [0.717, 1.165) is 29.9 Å². The average molecular weight is 278 g/mol. The Hall–Kier alpha value is -1.71. The van der Waals surface area contributed by atoms with Gasteiger partial charge in [-0.2, -0.15) is 0 Å². The fourth-order valence-corrected chi connectivity index (χ4v) is 2.98. The Morgan fingerprint density at radius 1 is 1.20 bits per heavy atom. The minimum atomic E-state index is -0.756. The lowest BCUT2D eigenvalue weighted by molar-refractivity contribution is -0.137. The Kier molecular flexibility index (Phi) is 4.88. The molecule has 1 aromatic carbocycles. The third kappa shape index (κ3) is 3.06. The third-order valence-corrected chi connectivity index (χ3v) is 3.90. The lowest BCUT2D eigenvalue weighted by Crippen LogP contribution is -2.09. The molecule has 0 spiro atoms. The summed E-state index contributed by atoms with van der Waals surface area (Å²) in [6.07, 6.45) is 5.91. The van der Waals surface area contributed by atoms with E-state index in [1.165, 1.54) is 24.0 Å². The molecule has 0 amide bonds. The number of rotatable bonds is 6. The quantitative estimate of drug-likeness (QED) is 0.869. The number of methoxy groups -OCH3 is 2. The van der Waals surface area contributed by atoms with Crippen LogP contribution in [-0.4, -0.2) is 25.3 Å². The standard InChI is InChI=1S/C16H22O4/c1-19-14-10-11(6-5-9-15(17)18)16(20-2)13-8-4-3-7-12(13)14/h10H,3-9H2,1-2H3,(H,17,18). The van der Waals surface area contributed by atoms with E-state index in [0.29, 0.717) is 12.8 Å². The van der Waals surface area contributed by atoms with Crippen molar-refractivity contribution in [1.29, 1.82) is 0 Å². The van der Waals surface area contributed by atoms with Gasteiger partial charge in [0.1, 0.15) is 11.5 Å². The van der Waals surface area contributed by atoms with Crippen LogP contribution in [0, 0.1) is 0 Å². The highest BCUT2D eigenvalue weighted by molar-refractivity contribution is 5.66. The molecular weight excluding hydrogens is 256 g/mol. The fraction of sp³-hybridized carbons (Fsp3) is 0.562. The maximum absolute atomic E-state index is 10.6. The number of ether oxygens (including phenoxy) is 2. The number of hydrogen-bond donors (Lipinski definition) is 1. The number of carbonyl (C=O) groups is 1. The highest BCUT2D eigenvalue weighted by Crippen LogP contribution is 2.39. The van der Waals surface area contributed by atoms with Gasteiger partial charge in [-0.05, 0) is 50.2 Å². The van der Waals surface area contributed by atoms with Crippen LogP contribution in [-0.2, 0) is 24.1 Å². The topological polar surface area (TPSA) is 55.8 Å². The predicted octanol–water partition coefficient (Wildman–Crippen LogP) is 2.99. The maximum Gasteiger partial charge on any atom is 0.303 e. The van der Waals surface area contributed by atoms with Gasteiger partial charge >= 0.3 is 5.97 Å². The van der Waals surface area contributed by atoms with Crippen molar-refractivity contribution in [2.75, 3.05) is 14.2 Å². The van der Waals surface area contributed by atoms with Gasteiger partial charge < -0.3 is 14.6 Å². The molecule has 0 atom stereocenters. The summed E-state index contributed by atoms with van der Waals surface area (Å²) in [6, 6.07) is 2.02. The van der Waals surface area contributed by atoms with Gasteiger partial charge in [-0.1, -0.05) is 0 Å². The molecule has 0 saturated heterocycles. The highest BCUT2D eigenvalue weighted by Gasteiger charge is 2.21. The molecule has 2 rings (SSSR count). The largest absolute Gasteiger partial charge is 0.496 e. The number of carboxylic acids is 1. The van der Waals surface area contributed by atoms with Gasteiger partial charge in [-0.3, -0.25) is 4.79 Å². The van der Waals surface area contributed by atoms with Gasteiger partial charge in [-0.15, -0.1) is 0 Å². The molecule has 0 radical (unpaired) electrons. The molecule has 0 fully saturated rings. The molecule has 1 aliphatic rings. The molecule has 1 aromatic rings. The van der Waals surface area contributed by atoms with Gasteiger partial charge in [0.05, 0.1) is 14.2 Å². The van der Waals surface area contributed by atoms with Crippen LogP contribution < -0.4 is 9.47 Å². The Morgan fingerprint density at radius 3 is 2.50 bits per heavy atom. The van der Waals surface area contributed by atoms with E-state index in [9.17, 15) is 4.79 Å². The van der Waals surface area contributed by atoms with Crippen LogP contribution >= 0.6 is 0 Å². The lowest BCUT2D eigenvalue weighted by Gasteiger charge is -2.23. The average Bonchev–Trinajstić information content (AvgIpc) is 2.45. The number of aliphatic carboxylic acids is 1. The molecule has 0 heterocycles. The monoisotopic (exact) mass is 278 g/mol. The number of aryl methyl sites for hydroxylation is 1. The molecule has 1 N–H and O–H groups in total. The van der Waals surface area contributed by atoms with E-state index in [1.807, 2.05) is 6.07 Å². The van der Waals surface area contributed by atoms with Crippen molar-refractivity contribution < 1.29 is 19.4 Å². The first kappa shape index (κ1) is 14.7. The summed E-state index contributed by atoms with van der Waals surface area (Å²) in [6.45, 7) is 0. The summed E-state index contributed by atoms with van der Waals surface area (Å²) in [7, 11) is 3.38. The minimum absolute atomic E-state index is 0.183. The van der Waals surface area contributed by atoms with Gasteiger partial charge in [0.15, 0.2) is 0 Å². The van der Waals surface area contributed by atoms with E-state index in [1.54, 1.807) is 14.2 Å². The minimum Gasteiger partial charge on any atom is -0.496 e. The van der Waals surface area contributed by atoms with Crippen LogP contribution in [0.2, 0.25) is 0 Å². The van der Waals surface area contributed by atoms with Crippen LogP contribution in [0.4, 0.5) is 0 Å². The van der Waals surface area contributed by atoms with Crippen molar-refractivity contribution in [3.8, 4) is 11.5 Å². The Morgan fingerprint density at radius 2 is 1.90 bits per heavy atom. The first-order chi connectivity index (χ1) is 9.67. The van der Waals surface area contributed by atoms with E-state index >= 15 is 0 Å². The number of carboxylic acid groups (broad SMARTS) is 1. The van der Waals surface area contributed by atoms with Crippen LogP contribution in [0.5, 0.6) is 11.5 Å². The van der Waals surface area contributed by atoms with E-state index in [-0.39, 0.29) is 6.42 Å². The van der Waals surface area contributed by atoms with E-state index in [2.05, 4.69) is 0 Å². The van der Waals surface area contributed by atoms with Crippen molar-refractivity contribution in [2.45, 2.75) is 44.9 Å². The van der Waals surface area contributed by atoms with E-state index in [4.69, 9.17) is 14.6 Å². The second-order valence-electron chi connectivity index (χ2n) is 5.18. The molecule has 0 unspecified atom stereocenters. The molecule has 20 heavy (non-hydrogen) atoms. The maximum atomic E-state index is 10.6. The van der Waals surface area contributed by atoms with Gasteiger partial charge in [-0.25, -0.2) is 0 Å². The molecule has 1 aliphatic carbocycles. The number of hydrogen-bond acceptors (Lipinski definition) is 3. The number of benzene rings is 1. The summed E-state index contributed by atoms with van der Waals surface area (Å²) in [5, 5.41) is 8.75. The SMILES string of the molecule is COc1cc(CCCC(=O)O)c(OC)c2c1CCCC2. The molecule has 4 nitrogen and oxygen atoms in total. The van der Waals surface area contributed by atoms with Crippen molar-refractivity contribution in [3.05, 3.63) is 22.8 Å². The second-order valence-corrected chi connectivity index (χ2v) is 5.18. The predicted molar refractivity (Wildman–Crippen MR) is 76.8 cm³/mol. The summed E-state index contributed by atoms with van der Waals surface area (Å²) in [4.78, 5) is 10.6. The molecular formula is C16H22O4. The van der Waals surface area contributed by atoms with Gasteiger partial charge in [0, 0.05) is 17.5 Å². The van der Waals surface area contributed by atoms with Gasteiger partial charge in [0.25, 0.3) is 0 Å². The Balaban J connectivity index is 2.32. The van der Waals surface area contributed by atoms with Crippen molar-refractivity contribution in [3.63, 3.8) is 0 Å². The zero-order valence-electron chi connectivity index (χ0n) is 12.2. The van der Waals surface area contributed by atoms with Crippen LogP contribution in [0.15, 0.2) is 6.07 Å². The molecule has 0 saturated carbocycles. The molecule has 0 aromatic heterocycles. The van der Waals surface area contributed by atoms with E-state index < -0.39 is 5.97 Å². The first-order valence-electron chi connectivity index (χ1n) is 7.14. The smallest absolute Gasteiger partial charge is 0.303 e. The molecule has 0 bridgehead atoms. The second kappa shape index (κ2) is 6.64. The third-order valence-electron chi connectivity index (χ3n) is 3.90. The van der Waals surface area contributed by atoms with Crippen molar-refractivity contribution in [2.24, 2.45) is 0 Å². The molecule has 4 heteroatoms. The van der Waals surface area contributed by atoms with Crippen molar-refractivity contribution >= 4 is 5.97 Å². The Bertz CT molecular complexity index is 494. The summed E-state index contributed by atoms with van der Waals surface area (Å²) < 4.78 is 11.1. The summed E-state index contributed by atoms with van der Waals surface area (Å²) >= 11 is 0. The fourth-order valence-electron chi connectivity index (χ4n) is 2.98. The van der Waals surface area contributed by atoms with Gasteiger partial charge in [0.2, 0.25) is 0 Å². The first-order valence-corrected chi connectivity index (χ1v) is 7.14. The Labute approximate surface area is 119 Å². The molecule has 110 valence electrons. The van der Waals surface area contributed by atoms with Crippen molar-refractivity contribution in [1.82, 2.24) is 0 Å². The zero-order chi connectivity index (χ0) is 14.5. The number of fused-ring (bicyclic) bond motifs is 1. The highest BCUT2D eigenvalue weighted by atomic mass is 16.5. The molecule has 0 aliphatic heterocycles. The van der Waals surface area contributed by atoms with Crippen LogP contribution in [0.3, 0.4) is 0 Å². The summed E-state index contributed by atoms with van der Waals surface area (Å²) in [5.41, 5.74) is 3.58. The van der Waals surface area contributed by atoms with Crippen LogP contribution in [0.1, 0.15) is 42.4 Å². The zero-order valence-corrected chi connectivity index (χ0v) is 12.2. The normalized spacial score (nSPS) is 13.7. The lowest BCUT2D eigenvalue weighted by atomic mass is 9.87. The van der Waals surface area contributed by atoms with Crippen LogP contribution in [0.25, 0.3) is 0 Å².